The van der Waals surface area contributed by atoms with Crippen LogP contribution in [0.4, 0.5) is 5.13 Å². The summed E-state index contributed by atoms with van der Waals surface area (Å²) >= 11 is 3.05. The Hall–Kier alpha value is -1.80. The van der Waals surface area contributed by atoms with Crippen molar-refractivity contribution in [2.75, 3.05) is 19.1 Å². The van der Waals surface area contributed by atoms with Gasteiger partial charge in [-0.15, -0.1) is 10.2 Å². The maximum Gasteiger partial charge on any atom is 0.228 e. The summed E-state index contributed by atoms with van der Waals surface area (Å²) in [4.78, 5) is 14.0. The Kier molecular flexibility index (Phi) is 5.80. The van der Waals surface area contributed by atoms with Crippen LogP contribution in [0.1, 0.15) is 31.7 Å². The Bertz CT molecular complexity index is 746. The zero-order valence-corrected chi connectivity index (χ0v) is 16.2. The maximum atomic E-state index is 12.2. The number of nitrogens with zero attached hydrogens (tertiary/aromatic N) is 3. The smallest absolute Gasteiger partial charge is 0.228 e. The highest BCUT2D eigenvalue weighted by atomic mass is 32.2. The molecule has 0 atom stereocenters. The minimum atomic E-state index is 0.115. The highest BCUT2D eigenvalue weighted by Gasteiger charge is 2.35. The third-order valence-corrected chi connectivity index (χ3v) is 6.03. The topological polar surface area (TPSA) is 64.6 Å². The molecule has 0 spiro atoms. The molecule has 0 aliphatic heterocycles. The molecule has 1 amide bonds. The lowest BCUT2D eigenvalue weighted by molar-refractivity contribution is -0.118. The monoisotopic (exact) mass is 379 g/mol. The van der Waals surface area contributed by atoms with Crippen LogP contribution < -0.4 is 14.4 Å². The van der Waals surface area contributed by atoms with Gasteiger partial charge in [-0.2, -0.15) is 0 Å². The molecule has 1 fully saturated rings. The van der Waals surface area contributed by atoms with Gasteiger partial charge in [0.1, 0.15) is 11.5 Å². The van der Waals surface area contributed by atoms with E-state index in [0.29, 0.717) is 23.3 Å². The lowest BCUT2D eigenvalue weighted by Gasteiger charge is -2.17. The van der Waals surface area contributed by atoms with Crippen molar-refractivity contribution in [3.05, 3.63) is 23.8 Å². The fourth-order valence-electron chi connectivity index (χ4n) is 2.46. The predicted molar refractivity (Wildman–Crippen MR) is 99.8 cm³/mol. The Morgan fingerprint density at radius 3 is 2.76 bits per heavy atom. The number of thioether (sulfide) groups is 1. The van der Waals surface area contributed by atoms with E-state index in [9.17, 15) is 4.79 Å². The second-order valence-electron chi connectivity index (χ2n) is 5.67. The molecule has 2 aromatic rings. The van der Waals surface area contributed by atoms with E-state index in [4.69, 9.17) is 9.47 Å². The zero-order valence-electron chi connectivity index (χ0n) is 14.5. The van der Waals surface area contributed by atoms with Crippen LogP contribution in [0.15, 0.2) is 22.5 Å². The number of benzene rings is 1. The number of carbonyl (C=O) groups excluding carboxylic acids is 1. The molecule has 0 N–H and O–H groups in total. The second kappa shape index (κ2) is 8.05. The summed E-state index contributed by atoms with van der Waals surface area (Å²) < 4.78 is 11.5. The van der Waals surface area contributed by atoms with Crippen LogP contribution >= 0.6 is 23.1 Å². The van der Waals surface area contributed by atoms with Gasteiger partial charge >= 0.3 is 0 Å². The lowest BCUT2D eigenvalue weighted by Crippen LogP contribution is -2.32. The predicted octanol–water partition coefficient (Wildman–Crippen LogP) is 3.75. The van der Waals surface area contributed by atoms with E-state index < -0.39 is 0 Å². The molecular weight excluding hydrogens is 358 g/mol. The quantitative estimate of drug-likeness (QED) is 0.514. The summed E-state index contributed by atoms with van der Waals surface area (Å²) in [6, 6.07) is 6.04. The number of methoxy groups -OCH3 is 2. The molecule has 0 bridgehead atoms. The second-order valence-corrected chi connectivity index (χ2v) is 7.84. The van der Waals surface area contributed by atoms with Crippen molar-refractivity contribution in [3.63, 3.8) is 0 Å². The molecule has 6 nitrogen and oxygen atoms in total. The van der Waals surface area contributed by atoms with Gasteiger partial charge in [-0.05, 0) is 31.0 Å². The van der Waals surface area contributed by atoms with E-state index in [1.165, 1.54) is 11.3 Å². The first kappa shape index (κ1) is 18.0. The fourth-order valence-corrected chi connectivity index (χ4v) is 4.37. The van der Waals surface area contributed by atoms with Crippen LogP contribution in [-0.2, 0) is 10.5 Å². The fraction of sp³-hybridized carbons (Fsp3) is 0.471. The molecule has 0 radical (unpaired) electrons. The van der Waals surface area contributed by atoms with Gasteiger partial charge in [0.05, 0.1) is 14.2 Å². The van der Waals surface area contributed by atoms with Gasteiger partial charge in [-0.25, -0.2) is 0 Å². The molecule has 0 saturated heterocycles. The van der Waals surface area contributed by atoms with Gasteiger partial charge in [0.15, 0.2) is 4.34 Å². The van der Waals surface area contributed by atoms with Crippen molar-refractivity contribution >= 4 is 34.1 Å². The molecule has 1 aromatic heterocycles. The number of hydrogen-bond acceptors (Lipinski definition) is 7. The molecule has 0 unspecified atom stereocenters. The average Bonchev–Trinajstić information content (AvgIpc) is 3.37. The van der Waals surface area contributed by atoms with Crippen molar-refractivity contribution in [2.24, 2.45) is 0 Å². The summed E-state index contributed by atoms with van der Waals surface area (Å²) in [5, 5.41) is 9.18. The first-order chi connectivity index (χ1) is 12.2. The van der Waals surface area contributed by atoms with Gasteiger partial charge in [0.2, 0.25) is 11.0 Å². The zero-order chi connectivity index (χ0) is 17.8. The Morgan fingerprint density at radius 1 is 1.32 bits per heavy atom. The molecule has 1 saturated carbocycles. The van der Waals surface area contributed by atoms with Crippen molar-refractivity contribution < 1.29 is 14.3 Å². The molecule has 134 valence electrons. The molecule has 1 heterocycles. The number of anilines is 1. The first-order valence-corrected chi connectivity index (χ1v) is 9.95. The van der Waals surface area contributed by atoms with Gasteiger partial charge in [-0.1, -0.05) is 30.0 Å². The normalized spacial score (nSPS) is 13.6. The van der Waals surface area contributed by atoms with E-state index >= 15 is 0 Å². The number of amides is 1. The number of ether oxygens (including phenoxy) is 2. The summed E-state index contributed by atoms with van der Waals surface area (Å²) in [6.07, 6.45) is 2.59. The summed E-state index contributed by atoms with van der Waals surface area (Å²) in [6.45, 7) is 1.88. The van der Waals surface area contributed by atoms with Crippen molar-refractivity contribution in [1.29, 1.82) is 0 Å². The van der Waals surface area contributed by atoms with E-state index in [2.05, 4.69) is 10.2 Å². The van der Waals surface area contributed by atoms with Gasteiger partial charge in [0, 0.05) is 23.8 Å². The lowest BCUT2D eigenvalue weighted by atomic mass is 10.2. The summed E-state index contributed by atoms with van der Waals surface area (Å²) in [5.74, 6) is 2.42. The van der Waals surface area contributed by atoms with E-state index in [0.717, 1.165) is 34.2 Å². The molecule has 8 heteroatoms. The maximum absolute atomic E-state index is 12.2. The standard InChI is InChI=1S/C17H21N3O3S2/c1-4-15(21)20(12-5-6-12)16-18-19-17(25-16)24-10-11-9-13(22-2)7-8-14(11)23-3/h7-9,12H,4-6,10H2,1-3H3. The molecular formula is C17H21N3O3S2. The van der Waals surface area contributed by atoms with E-state index in [-0.39, 0.29) is 5.91 Å². The summed E-state index contributed by atoms with van der Waals surface area (Å²) in [5.41, 5.74) is 1.03. The van der Waals surface area contributed by atoms with E-state index in [1.807, 2.05) is 30.0 Å². The Labute approximate surface area is 155 Å². The van der Waals surface area contributed by atoms with Crippen molar-refractivity contribution in [3.8, 4) is 11.5 Å². The minimum Gasteiger partial charge on any atom is -0.497 e. The Morgan fingerprint density at radius 2 is 2.12 bits per heavy atom. The first-order valence-electron chi connectivity index (χ1n) is 8.15. The molecule has 1 aromatic carbocycles. The highest BCUT2D eigenvalue weighted by Crippen LogP contribution is 2.38. The van der Waals surface area contributed by atoms with Gasteiger partial charge in [0.25, 0.3) is 0 Å². The van der Waals surface area contributed by atoms with Crippen LogP contribution in [0.5, 0.6) is 11.5 Å². The molecule has 1 aliphatic carbocycles. The molecule has 3 rings (SSSR count). The Balaban J connectivity index is 1.70. The average molecular weight is 380 g/mol. The van der Waals surface area contributed by atoms with Crippen molar-refractivity contribution in [1.82, 2.24) is 10.2 Å². The highest BCUT2D eigenvalue weighted by molar-refractivity contribution is 8.00. The number of aromatic nitrogens is 2. The third-order valence-electron chi connectivity index (χ3n) is 3.92. The van der Waals surface area contributed by atoms with Crippen LogP contribution in [0.25, 0.3) is 0 Å². The van der Waals surface area contributed by atoms with Crippen LogP contribution in [0, 0.1) is 0 Å². The van der Waals surface area contributed by atoms with Gasteiger partial charge < -0.3 is 9.47 Å². The van der Waals surface area contributed by atoms with E-state index in [1.54, 1.807) is 26.0 Å². The van der Waals surface area contributed by atoms with Crippen molar-refractivity contribution in [2.45, 2.75) is 42.3 Å². The van der Waals surface area contributed by atoms with Crippen LogP contribution in [-0.4, -0.2) is 36.4 Å². The largest absolute Gasteiger partial charge is 0.497 e. The number of carbonyl (C=O) groups is 1. The number of hydrogen-bond donors (Lipinski definition) is 0. The van der Waals surface area contributed by atoms with Crippen LogP contribution in [0.3, 0.4) is 0 Å². The van der Waals surface area contributed by atoms with Crippen LogP contribution in [0.2, 0.25) is 0 Å². The third kappa shape index (κ3) is 4.24. The molecule has 1 aliphatic rings. The number of rotatable bonds is 8. The van der Waals surface area contributed by atoms with Gasteiger partial charge in [-0.3, -0.25) is 9.69 Å². The SMILES string of the molecule is CCC(=O)N(c1nnc(SCc2cc(OC)ccc2OC)s1)C1CC1. The summed E-state index contributed by atoms with van der Waals surface area (Å²) in [7, 11) is 3.30. The molecule has 25 heavy (non-hydrogen) atoms. The minimum absolute atomic E-state index is 0.115.